The molecule has 1 rings (SSSR count). The fourth-order valence-electron chi connectivity index (χ4n) is 1.45. The van der Waals surface area contributed by atoms with Crippen molar-refractivity contribution in [1.82, 2.24) is 0 Å². The van der Waals surface area contributed by atoms with Gasteiger partial charge in [-0.1, -0.05) is 36.2 Å². The third-order valence-corrected chi connectivity index (χ3v) is 3.42. The molecule has 0 aliphatic carbocycles. The van der Waals surface area contributed by atoms with Gasteiger partial charge in [0.05, 0.1) is 12.5 Å². The van der Waals surface area contributed by atoms with Crippen molar-refractivity contribution in [2.75, 3.05) is 6.61 Å². The molecule has 1 aromatic rings. The smallest absolute Gasteiger partial charge is 0.126 e. The van der Waals surface area contributed by atoms with Crippen molar-refractivity contribution in [2.45, 2.75) is 33.1 Å². The lowest BCUT2D eigenvalue weighted by Crippen LogP contribution is -2.09. The Kier molecular flexibility index (Phi) is 5.63. The predicted octanol–water partition coefficient (Wildman–Crippen LogP) is 4.92. The molecular weight excluding hydrogens is 287 g/mol. The van der Waals surface area contributed by atoms with Crippen LogP contribution in [0.4, 0.5) is 0 Å². The second-order valence-electron chi connectivity index (χ2n) is 4.17. The minimum atomic E-state index is 0.482. The Morgan fingerprint density at radius 3 is 2.69 bits per heavy atom. The molecule has 0 amide bonds. The molecule has 1 aromatic carbocycles. The molecule has 0 bridgehead atoms. The van der Waals surface area contributed by atoms with Crippen LogP contribution in [0.5, 0.6) is 5.75 Å². The maximum atomic E-state index is 5.92. The number of halogens is 2. The maximum absolute atomic E-state index is 5.92. The zero-order valence-corrected chi connectivity index (χ0v) is 12.4. The molecule has 0 N–H and O–H groups in total. The molecule has 1 nitrogen and oxygen atoms in total. The van der Waals surface area contributed by atoms with Crippen LogP contribution in [-0.4, -0.2) is 6.61 Å². The summed E-state index contributed by atoms with van der Waals surface area (Å²) in [5.41, 5.74) is 2.19. The molecule has 3 heteroatoms. The van der Waals surface area contributed by atoms with Gasteiger partial charge in [-0.2, -0.15) is 0 Å². The lowest BCUT2D eigenvalue weighted by atomic mass is 10.1. The van der Waals surface area contributed by atoms with Gasteiger partial charge in [-0.25, -0.2) is 0 Å². The third kappa shape index (κ3) is 3.67. The number of alkyl halides is 1. The highest BCUT2D eigenvalue weighted by Gasteiger charge is 2.09. The van der Waals surface area contributed by atoms with Crippen molar-refractivity contribution in [3.63, 3.8) is 0 Å². The van der Waals surface area contributed by atoms with Crippen LogP contribution in [-0.2, 0) is 5.88 Å². The first-order chi connectivity index (χ1) is 7.58. The van der Waals surface area contributed by atoms with E-state index in [0.29, 0.717) is 11.8 Å². The first-order valence-electron chi connectivity index (χ1n) is 5.56. The number of aryl methyl sites for hydroxylation is 1. The zero-order valence-electron chi connectivity index (χ0n) is 10.0. The Morgan fingerprint density at radius 1 is 1.44 bits per heavy atom. The fourth-order valence-corrected chi connectivity index (χ4v) is 2.27. The molecule has 0 aromatic heterocycles. The summed E-state index contributed by atoms with van der Waals surface area (Å²) in [6.07, 6.45) is 1.13. The zero-order chi connectivity index (χ0) is 12.1. The highest BCUT2D eigenvalue weighted by molar-refractivity contribution is 9.10. The van der Waals surface area contributed by atoms with Gasteiger partial charge in [-0.15, -0.1) is 11.6 Å². The van der Waals surface area contributed by atoms with Gasteiger partial charge < -0.3 is 4.74 Å². The summed E-state index contributed by atoms with van der Waals surface area (Å²) in [6, 6.07) is 4.08. The van der Waals surface area contributed by atoms with Gasteiger partial charge in [0.2, 0.25) is 0 Å². The number of benzene rings is 1. The van der Waals surface area contributed by atoms with E-state index in [1.165, 1.54) is 0 Å². The molecule has 0 spiro atoms. The van der Waals surface area contributed by atoms with Crippen LogP contribution in [0.15, 0.2) is 16.6 Å². The van der Waals surface area contributed by atoms with Gasteiger partial charge in [-0.3, -0.25) is 0 Å². The fraction of sp³-hybridized carbons (Fsp3) is 0.538. The molecular formula is C13H18BrClO. The van der Waals surface area contributed by atoms with Crippen molar-refractivity contribution in [3.8, 4) is 5.75 Å². The van der Waals surface area contributed by atoms with E-state index in [4.69, 9.17) is 16.3 Å². The van der Waals surface area contributed by atoms with Crippen molar-refractivity contribution in [1.29, 1.82) is 0 Å². The largest absolute Gasteiger partial charge is 0.493 e. The van der Waals surface area contributed by atoms with Crippen LogP contribution in [0.1, 0.15) is 31.4 Å². The Morgan fingerprint density at radius 2 is 2.12 bits per heavy atom. The molecule has 0 saturated heterocycles. The number of hydrogen-bond donors (Lipinski definition) is 0. The highest BCUT2D eigenvalue weighted by atomic mass is 79.9. The maximum Gasteiger partial charge on any atom is 0.126 e. The van der Waals surface area contributed by atoms with E-state index in [1.54, 1.807) is 0 Å². The van der Waals surface area contributed by atoms with E-state index < -0.39 is 0 Å². The first kappa shape index (κ1) is 13.9. The Bertz CT molecular complexity index is 352. The lowest BCUT2D eigenvalue weighted by molar-refractivity contribution is 0.253. The molecule has 90 valence electrons. The average Bonchev–Trinajstić information content (AvgIpc) is 2.26. The van der Waals surface area contributed by atoms with Crippen LogP contribution in [0, 0.1) is 12.8 Å². The van der Waals surface area contributed by atoms with Crippen LogP contribution in [0.2, 0.25) is 0 Å². The summed E-state index contributed by atoms with van der Waals surface area (Å²) < 4.78 is 6.91. The lowest BCUT2D eigenvalue weighted by Gasteiger charge is -2.16. The summed E-state index contributed by atoms with van der Waals surface area (Å²) in [5, 5.41) is 0. The van der Waals surface area contributed by atoms with E-state index in [9.17, 15) is 0 Å². The van der Waals surface area contributed by atoms with Crippen LogP contribution < -0.4 is 4.74 Å². The second-order valence-corrected chi connectivity index (χ2v) is 5.35. The van der Waals surface area contributed by atoms with E-state index in [-0.39, 0.29) is 0 Å². The molecule has 0 saturated carbocycles. The van der Waals surface area contributed by atoms with Crippen molar-refractivity contribution in [3.05, 3.63) is 27.7 Å². The Labute approximate surface area is 111 Å². The Balaban J connectivity index is 2.85. The van der Waals surface area contributed by atoms with Gasteiger partial charge in [0.1, 0.15) is 5.75 Å². The summed E-state index contributed by atoms with van der Waals surface area (Å²) in [7, 11) is 0. The SMILES string of the molecule is CCC(C)COc1c(C)cc(Br)cc1CCl. The van der Waals surface area contributed by atoms with E-state index in [1.807, 2.05) is 13.0 Å². The minimum absolute atomic E-state index is 0.482. The summed E-state index contributed by atoms with van der Waals surface area (Å²) in [5.74, 6) is 2.00. The normalized spacial score (nSPS) is 12.6. The molecule has 0 aliphatic rings. The number of hydrogen-bond acceptors (Lipinski definition) is 1. The van der Waals surface area contributed by atoms with Gasteiger partial charge in [0, 0.05) is 10.0 Å². The third-order valence-electron chi connectivity index (χ3n) is 2.67. The standard InChI is InChI=1S/C13H18BrClO/c1-4-9(2)8-16-13-10(3)5-12(14)6-11(13)7-15/h5-6,9H,4,7-8H2,1-3H3. The predicted molar refractivity (Wildman–Crippen MR) is 73.4 cm³/mol. The van der Waals surface area contributed by atoms with E-state index in [2.05, 4.69) is 35.8 Å². The van der Waals surface area contributed by atoms with Gasteiger partial charge >= 0.3 is 0 Å². The molecule has 16 heavy (non-hydrogen) atoms. The molecule has 0 aliphatic heterocycles. The summed E-state index contributed by atoms with van der Waals surface area (Å²) in [4.78, 5) is 0. The molecule has 0 radical (unpaired) electrons. The van der Waals surface area contributed by atoms with E-state index >= 15 is 0 Å². The monoisotopic (exact) mass is 304 g/mol. The quantitative estimate of drug-likeness (QED) is 0.702. The number of rotatable bonds is 5. The molecule has 0 heterocycles. The van der Waals surface area contributed by atoms with Crippen molar-refractivity contribution in [2.24, 2.45) is 5.92 Å². The molecule has 0 fully saturated rings. The van der Waals surface area contributed by atoms with E-state index in [0.717, 1.165) is 34.4 Å². The second kappa shape index (κ2) is 6.51. The summed E-state index contributed by atoms with van der Waals surface area (Å²) >= 11 is 9.39. The van der Waals surface area contributed by atoms with Gasteiger partial charge in [-0.05, 0) is 30.5 Å². The molecule has 1 unspecified atom stereocenters. The van der Waals surface area contributed by atoms with Crippen LogP contribution in [0.3, 0.4) is 0 Å². The van der Waals surface area contributed by atoms with Gasteiger partial charge in [0.25, 0.3) is 0 Å². The topological polar surface area (TPSA) is 9.23 Å². The highest BCUT2D eigenvalue weighted by Crippen LogP contribution is 2.29. The first-order valence-corrected chi connectivity index (χ1v) is 6.89. The minimum Gasteiger partial charge on any atom is -0.493 e. The summed E-state index contributed by atoms with van der Waals surface area (Å²) in [6.45, 7) is 7.16. The molecule has 1 atom stereocenters. The van der Waals surface area contributed by atoms with Gasteiger partial charge in [0.15, 0.2) is 0 Å². The Hall–Kier alpha value is -0.210. The van der Waals surface area contributed by atoms with Crippen molar-refractivity contribution >= 4 is 27.5 Å². The van der Waals surface area contributed by atoms with Crippen LogP contribution >= 0.6 is 27.5 Å². The van der Waals surface area contributed by atoms with Crippen molar-refractivity contribution < 1.29 is 4.74 Å². The van der Waals surface area contributed by atoms with Crippen LogP contribution in [0.25, 0.3) is 0 Å². The average molecular weight is 306 g/mol. The number of ether oxygens (including phenoxy) is 1.